The van der Waals surface area contributed by atoms with Crippen LogP contribution in [0.2, 0.25) is 0 Å². The summed E-state index contributed by atoms with van der Waals surface area (Å²) in [5.41, 5.74) is 4.84. The van der Waals surface area contributed by atoms with Crippen LogP contribution in [0.25, 0.3) is 0 Å². The average Bonchev–Trinajstić information content (AvgIpc) is 3.36. The number of hydrogen-bond donors (Lipinski definition) is 1. The Hall–Kier alpha value is -2.17. The second-order valence-electron chi connectivity index (χ2n) is 11.5. The van der Waals surface area contributed by atoms with Crippen LogP contribution in [0.3, 0.4) is 0 Å². The van der Waals surface area contributed by atoms with Crippen molar-refractivity contribution >= 4 is 5.78 Å². The molecule has 33 heavy (non-hydrogen) atoms. The number of ketones is 1. The van der Waals surface area contributed by atoms with E-state index in [2.05, 4.69) is 43.3 Å². The largest absolute Gasteiger partial charge is 0.508 e. The molecule has 5 nitrogen and oxygen atoms in total. The minimum absolute atomic E-state index is 0.0791. The lowest BCUT2D eigenvalue weighted by molar-refractivity contribution is -0.129. The fourth-order valence-corrected chi connectivity index (χ4v) is 7.06. The average molecular weight is 450 g/mol. The standard InChI is InChI=1S/C28H39N3O2/c1-18(2)6-8-21-17-31(30-29-21)14-4-5-20-15-24-19(16-26(20)32)7-9-23-22(24)12-13-28(3)25(23)10-11-27(28)33/h15-18,22-23,25,32H,4-14H2,1-3H3/t22-,23+,25-,28-/m0/s1. The Kier molecular flexibility index (Phi) is 6.09. The number of rotatable bonds is 7. The van der Waals surface area contributed by atoms with Crippen molar-refractivity contribution in [2.24, 2.45) is 23.2 Å². The molecule has 2 aromatic rings. The molecule has 1 heterocycles. The molecular weight excluding hydrogens is 410 g/mol. The molecule has 1 N–H and O–H groups in total. The van der Waals surface area contributed by atoms with Crippen LogP contribution >= 0.6 is 0 Å². The zero-order valence-electron chi connectivity index (χ0n) is 20.5. The fraction of sp³-hybridized carbons (Fsp3) is 0.679. The van der Waals surface area contributed by atoms with Gasteiger partial charge in [-0.15, -0.1) is 5.10 Å². The van der Waals surface area contributed by atoms with Crippen LogP contribution in [0, 0.1) is 23.2 Å². The van der Waals surface area contributed by atoms with E-state index < -0.39 is 0 Å². The number of fused-ring (bicyclic) bond motifs is 5. The van der Waals surface area contributed by atoms with Crippen molar-refractivity contribution in [3.8, 4) is 5.75 Å². The van der Waals surface area contributed by atoms with Gasteiger partial charge in [0.1, 0.15) is 11.5 Å². The first-order valence-corrected chi connectivity index (χ1v) is 13.1. The Labute approximate surface area is 198 Å². The van der Waals surface area contributed by atoms with Crippen LogP contribution in [0.5, 0.6) is 5.75 Å². The number of phenolic OH excluding ortho intramolecular Hbond substituents is 1. The second-order valence-corrected chi connectivity index (χ2v) is 11.5. The van der Waals surface area contributed by atoms with Crippen LogP contribution in [0.4, 0.5) is 0 Å². The van der Waals surface area contributed by atoms with Gasteiger partial charge in [0, 0.05) is 24.6 Å². The lowest BCUT2D eigenvalue weighted by Gasteiger charge is -2.48. The molecule has 4 atom stereocenters. The van der Waals surface area contributed by atoms with E-state index in [4.69, 9.17) is 0 Å². The van der Waals surface area contributed by atoms with E-state index >= 15 is 0 Å². The summed E-state index contributed by atoms with van der Waals surface area (Å²) in [7, 11) is 0. The van der Waals surface area contributed by atoms with Gasteiger partial charge in [0.2, 0.25) is 0 Å². The van der Waals surface area contributed by atoms with Crippen LogP contribution in [0.1, 0.15) is 94.0 Å². The summed E-state index contributed by atoms with van der Waals surface area (Å²) in [6.45, 7) is 7.52. The van der Waals surface area contributed by atoms with Gasteiger partial charge in [-0.2, -0.15) is 0 Å². The molecule has 0 spiro atoms. The molecule has 0 aliphatic heterocycles. The van der Waals surface area contributed by atoms with Crippen LogP contribution in [-0.2, 0) is 30.6 Å². The molecular formula is C28H39N3O2. The summed E-state index contributed by atoms with van der Waals surface area (Å²) in [5, 5.41) is 19.3. The third kappa shape index (κ3) is 4.24. The maximum atomic E-state index is 12.6. The highest BCUT2D eigenvalue weighted by atomic mass is 16.3. The van der Waals surface area contributed by atoms with Gasteiger partial charge in [0.25, 0.3) is 0 Å². The van der Waals surface area contributed by atoms with Gasteiger partial charge in [-0.3, -0.25) is 9.48 Å². The van der Waals surface area contributed by atoms with Crippen molar-refractivity contribution in [2.75, 3.05) is 0 Å². The summed E-state index contributed by atoms with van der Waals surface area (Å²) >= 11 is 0. The Morgan fingerprint density at radius 1 is 1.18 bits per heavy atom. The summed E-state index contributed by atoms with van der Waals surface area (Å²) in [6, 6.07) is 4.34. The van der Waals surface area contributed by atoms with E-state index in [1.165, 1.54) is 11.1 Å². The first kappa shape index (κ1) is 22.6. The monoisotopic (exact) mass is 449 g/mol. The number of carbonyl (C=O) groups is 1. The first-order valence-electron chi connectivity index (χ1n) is 13.1. The number of benzene rings is 1. The lowest BCUT2D eigenvalue weighted by atomic mass is 9.55. The number of aryl methyl sites for hydroxylation is 4. The zero-order valence-corrected chi connectivity index (χ0v) is 20.5. The molecule has 0 amide bonds. The van der Waals surface area contributed by atoms with E-state index in [9.17, 15) is 9.90 Å². The number of aromatic nitrogens is 3. The topological polar surface area (TPSA) is 68.0 Å². The molecule has 0 unspecified atom stereocenters. The number of phenols is 1. The van der Waals surface area contributed by atoms with Gasteiger partial charge in [0.05, 0.1) is 5.69 Å². The molecule has 3 aliphatic carbocycles. The molecule has 5 heteroatoms. The zero-order chi connectivity index (χ0) is 23.2. The van der Waals surface area contributed by atoms with Crippen molar-refractivity contribution in [1.82, 2.24) is 15.0 Å². The third-order valence-electron chi connectivity index (χ3n) is 9.03. The maximum absolute atomic E-state index is 12.6. The Morgan fingerprint density at radius 3 is 2.85 bits per heavy atom. The molecule has 3 aliphatic rings. The summed E-state index contributed by atoms with van der Waals surface area (Å²) in [5.74, 6) is 3.35. The minimum atomic E-state index is -0.0791. The summed E-state index contributed by atoms with van der Waals surface area (Å²) < 4.78 is 1.94. The lowest BCUT2D eigenvalue weighted by Crippen LogP contribution is -2.42. The normalized spacial score (nSPS) is 28.6. The summed E-state index contributed by atoms with van der Waals surface area (Å²) in [6.07, 6.45) is 12.2. The van der Waals surface area contributed by atoms with Gasteiger partial charge >= 0.3 is 0 Å². The predicted molar refractivity (Wildman–Crippen MR) is 129 cm³/mol. The Morgan fingerprint density at radius 2 is 2.03 bits per heavy atom. The third-order valence-corrected chi connectivity index (χ3v) is 9.03. The Balaban J connectivity index is 1.26. The van der Waals surface area contributed by atoms with Crippen molar-refractivity contribution in [3.63, 3.8) is 0 Å². The quantitative estimate of drug-likeness (QED) is 0.595. The van der Waals surface area contributed by atoms with Crippen LogP contribution < -0.4 is 0 Å². The van der Waals surface area contributed by atoms with Gasteiger partial charge in [-0.05, 0) is 104 Å². The summed E-state index contributed by atoms with van der Waals surface area (Å²) in [4.78, 5) is 12.6. The van der Waals surface area contributed by atoms with Crippen molar-refractivity contribution in [1.29, 1.82) is 0 Å². The van der Waals surface area contributed by atoms with Crippen LogP contribution in [-0.4, -0.2) is 25.9 Å². The second kappa shape index (κ2) is 8.88. The minimum Gasteiger partial charge on any atom is -0.508 e. The van der Waals surface area contributed by atoms with Crippen molar-refractivity contribution < 1.29 is 9.90 Å². The highest BCUT2D eigenvalue weighted by molar-refractivity contribution is 5.87. The van der Waals surface area contributed by atoms with E-state index in [0.29, 0.717) is 35.2 Å². The SMILES string of the molecule is CC(C)CCc1cn(CCCc2cc3c(cc2O)CC[C@@H]2[C@@H]3CC[C@]3(C)C(=O)CC[C@@H]23)nn1. The molecule has 5 rings (SSSR count). The van der Waals surface area contributed by atoms with Crippen molar-refractivity contribution in [3.05, 3.63) is 40.7 Å². The van der Waals surface area contributed by atoms with Gasteiger partial charge < -0.3 is 5.11 Å². The smallest absolute Gasteiger partial charge is 0.139 e. The molecule has 0 bridgehead atoms. The van der Waals surface area contributed by atoms with Gasteiger partial charge in [-0.25, -0.2) is 0 Å². The fourth-order valence-electron chi connectivity index (χ4n) is 7.06. The van der Waals surface area contributed by atoms with E-state index in [0.717, 1.165) is 82.0 Å². The molecule has 0 radical (unpaired) electrons. The number of hydrogen-bond acceptors (Lipinski definition) is 4. The number of aromatic hydroxyl groups is 1. The molecule has 1 aromatic carbocycles. The van der Waals surface area contributed by atoms with E-state index in [-0.39, 0.29) is 5.41 Å². The number of Topliss-reactive ketones (excluding diaryl/α,β-unsaturated/α-hetero) is 1. The predicted octanol–water partition coefficient (Wildman–Crippen LogP) is 5.63. The van der Waals surface area contributed by atoms with Gasteiger partial charge in [-0.1, -0.05) is 32.1 Å². The van der Waals surface area contributed by atoms with Crippen LogP contribution in [0.15, 0.2) is 18.3 Å². The first-order chi connectivity index (χ1) is 15.8. The highest BCUT2D eigenvalue weighted by Gasteiger charge is 2.54. The highest BCUT2D eigenvalue weighted by Crippen LogP contribution is 2.59. The molecule has 2 saturated carbocycles. The number of nitrogens with zero attached hydrogens (tertiary/aromatic N) is 3. The molecule has 1 aromatic heterocycles. The molecule has 0 saturated heterocycles. The van der Waals surface area contributed by atoms with Crippen molar-refractivity contribution in [2.45, 2.75) is 97.4 Å². The van der Waals surface area contributed by atoms with Gasteiger partial charge in [0.15, 0.2) is 0 Å². The number of carbonyl (C=O) groups excluding carboxylic acids is 1. The van der Waals surface area contributed by atoms with E-state index in [1.54, 1.807) is 0 Å². The molecule has 178 valence electrons. The Bertz CT molecular complexity index is 1030. The molecule has 2 fully saturated rings. The maximum Gasteiger partial charge on any atom is 0.139 e. The van der Waals surface area contributed by atoms with E-state index in [1.807, 2.05) is 10.7 Å².